The molecule has 5 heteroatoms. The second kappa shape index (κ2) is 9.07. The van der Waals surface area contributed by atoms with Gasteiger partial charge in [-0.3, -0.25) is 4.79 Å². The first-order valence-electron chi connectivity index (χ1n) is 6.96. The van der Waals surface area contributed by atoms with E-state index in [2.05, 4.69) is 5.32 Å². The van der Waals surface area contributed by atoms with Crippen LogP contribution in [0.3, 0.4) is 0 Å². The molecule has 2 rings (SSSR count). The number of aryl methyl sites for hydroxylation is 1. The number of benzene rings is 2. The molecule has 0 atom stereocenters. The molecule has 0 unspecified atom stereocenters. The van der Waals surface area contributed by atoms with Gasteiger partial charge in [0, 0.05) is 5.69 Å². The van der Waals surface area contributed by atoms with Gasteiger partial charge < -0.3 is 15.8 Å². The number of anilines is 1. The SMILES string of the molecule is Cc1cccc(NC(=O)COc2ccc(CCN)cc2)c1.Cl. The van der Waals surface area contributed by atoms with Gasteiger partial charge in [0.2, 0.25) is 0 Å². The first-order chi connectivity index (χ1) is 10.2. The van der Waals surface area contributed by atoms with E-state index in [1.807, 2.05) is 55.5 Å². The van der Waals surface area contributed by atoms with Gasteiger partial charge in [0.25, 0.3) is 5.91 Å². The van der Waals surface area contributed by atoms with Crippen LogP contribution in [0.25, 0.3) is 0 Å². The van der Waals surface area contributed by atoms with Crippen LogP contribution in [0.5, 0.6) is 5.75 Å². The minimum absolute atomic E-state index is 0. The molecular formula is C17H21ClN2O2. The van der Waals surface area contributed by atoms with Gasteiger partial charge in [0.15, 0.2) is 6.61 Å². The molecule has 0 radical (unpaired) electrons. The van der Waals surface area contributed by atoms with E-state index in [1.54, 1.807) is 0 Å². The lowest BCUT2D eigenvalue weighted by Crippen LogP contribution is -2.20. The van der Waals surface area contributed by atoms with Crippen LogP contribution in [0.2, 0.25) is 0 Å². The van der Waals surface area contributed by atoms with E-state index in [9.17, 15) is 4.79 Å². The van der Waals surface area contributed by atoms with Crippen LogP contribution in [0, 0.1) is 6.92 Å². The number of rotatable bonds is 6. The summed E-state index contributed by atoms with van der Waals surface area (Å²) in [6.07, 6.45) is 0.841. The summed E-state index contributed by atoms with van der Waals surface area (Å²) in [5, 5.41) is 2.80. The maximum Gasteiger partial charge on any atom is 0.262 e. The molecule has 0 aliphatic heterocycles. The summed E-state index contributed by atoms with van der Waals surface area (Å²) in [7, 11) is 0. The fourth-order valence-corrected chi connectivity index (χ4v) is 1.99. The highest BCUT2D eigenvalue weighted by atomic mass is 35.5. The maximum atomic E-state index is 11.8. The van der Waals surface area contributed by atoms with Gasteiger partial charge in [0.05, 0.1) is 0 Å². The molecule has 0 bridgehead atoms. The maximum absolute atomic E-state index is 11.8. The summed E-state index contributed by atoms with van der Waals surface area (Å²) in [4.78, 5) is 11.8. The topological polar surface area (TPSA) is 64.3 Å². The number of hydrogen-bond donors (Lipinski definition) is 2. The normalized spacial score (nSPS) is 9.73. The lowest BCUT2D eigenvalue weighted by molar-refractivity contribution is -0.118. The Morgan fingerprint density at radius 2 is 1.91 bits per heavy atom. The molecule has 0 fully saturated rings. The molecular weight excluding hydrogens is 300 g/mol. The minimum atomic E-state index is -0.174. The van der Waals surface area contributed by atoms with Crippen LogP contribution in [-0.2, 0) is 11.2 Å². The number of amides is 1. The zero-order chi connectivity index (χ0) is 15.1. The van der Waals surface area contributed by atoms with E-state index in [0.29, 0.717) is 12.3 Å². The summed E-state index contributed by atoms with van der Waals surface area (Å²) >= 11 is 0. The van der Waals surface area contributed by atoms with Gasteiger partial charge in [-0.15, -0.1) is 12.4 Å². The quantitative estimate of drug-likeness (QED) is 0.860. The number of halogens is 1. The molecule has 2 aromatic rings. The Morgan fingerprint density at radius 3 is 2.55 bits per heavy atom. The second-order valence-corrected chi connectivity index (χ2v) is 4.89. The Hall–Kier alpha value is -2.04. The summed E-state index contributed by atoms with van der Waals surface area (Å²) in [5.74, 6) is 0.502. The van der Waals surface area contributed by atoms with Gasteiger partial charge in [-0.25, -0.2) is 0 Å². The average Bonchev–Trinajstić information content (AvgIpc) is 2.47. The van der Waals surface area contributed by atoms with E-state index in [1.165, 1.54) is 0 Å². The van der Waals surface area contributed by atoms with E-state index in [4.69, 9.17) is 10.5 Å². The summed E-state index contributed by atoms with van der Waals surface area (Å²) in [6.45, 7) is 2.60. The highest BCUT2D eigenvalue weighted by Crippen LogP contribution is 2.13. The Bertz CT molecular complexity index is 600. The predicted molar refractivity (Wildman–Crippen MR) is 91.8 cm³/mol. The van der Waals surface area contributed by atoms with Crippen molar-refractivity contribution in [3.05, 3.63) is 59.7 Å². The van der Waals surface area contributed by atoms with Crippen molar-refractivity contribution in [3.8, 4) is 5.75 Å². The molecule has 22 heavy (non-hydrogen) atoms. The number of carbonyl (C=O) groups excluding carboxylic acids is 1. The number of hydrogen-bond acceptors (Lipinski definition) is 3. The third-order valence-corrected chi connectivity index (χ3v) is 3.03. The molecule has 1 amide bonds. The molecule has 0 aliphatic carbocycles. The Balaban J connectivity index is 0.00000242. The highest BCUT2D eigenvalue weighted by molar-refractivity contribution is 5.91. The minimum Gasteiger partial charge on any atom is -0.484 e. The van der Waals surface area contributed by atoms with Gasteiger partial charge >= 0.3 is 0 Å². The molecule has 118 valence electrons. The summed E-state index contributed by atoms with van der Waals surface area (Å²) < 4.78 is 5.46. The average molecular weight is 321 g/mol. The molecule has 0 aliphatic rings. The first kappa shape index (κ1) is 18.0. The first-order valence-corrected chi connectivity index (χ1v) is 6.96. The number of carbonyl (C=O) groups is 1. The predicted octanol–water partition coefficient (Wildman–Crippen LogP) is 2.94. The van der Waals surface area contributed by atoms with Gasteiger partial charge in [-0.05, 0) is 55.3 Å². The molecule has 2 aromatic carbocycles. The molecule has 4 nitrogen and oxygen atoms in total. The third kappa shape index (κ3) is 5.76. The lowest BCUT2D eigenvalue weighted by Gasteiger charge is -2.08. The van der Waals surface area contributed by atoms with Crippen molar-refractivity contribution in [1.29, 1.82) is 0 Å². The second-order valence-electron chi connectivity index (χ2n) is 4.89. The molecule has 0 spiro atoms. The van der Waals surface area contributed by atoms with Crippen molar-refractivity contribution < 1.29 is 9.53 Å². The largest absolute Gasteiger partial charge is 0.484 e. The monoisotopic (exact) mass is 320 g/mol. The van der Waals surface area contributed by atoms with E-state index in [-0.39, 0.29) is 24.9 Å². The van der Waals surface area contributed by atoms with Crippen LogP contribution in [0.1, 0.15) is 11.1 Å². The van der Waals surface area contributed by atoms with Crippen molar-refractivity contribution in [2.75, 3.05) is 18.5 Å². The van der Waals surface area contributed by atoms with Crippen molar-refractivity contribution in [2.45, 2.75) is 13.3 Å². The summed E-state index contributed by atoms with van der Waals surface area (Å²) in [5.41, 5.74) is 8.54. The number of ether oxygens (including phenoxy) is 1. The molecule has 0 saturated heterocycles. The smallest absolute Gasteiger partial charge is 0.262 e. The van der Waals surface area contributed by atoms with Gasteiger partial charge in [-0.2, -0.15) is 0 Å². The zero-order valence-electron chi connectivity index (χ0n) is 12.5. The van der Waals surface area contributed by atoms with Crippen LogP contribution >= 0.6 is 12.4 Å². The molecule has 3 N–H and O–H groups in total. The van der Waals surface area contributed by atoms with Crippen molar-refractivity contribution >= 4 is 24.0 Å². The standard InChI is InChI=1S/C17H20N2O2.ClH/c1-13-3-2-4-15(11-13)19-17(20)12-21-16-7-5-14(6-8-16)9-10-18;/h2-8,11H,9-10,12,18H2,1H3,(H,19,20);1H. The van der Waals surface area contributed by atoms with Crippen molar-refractivity contribution in [2.24, 2.45) is 5.73 Å². The third-order valence-electron chi connectivity index (χ3n) is 3.03. The highest BCUT2D eigenvalue weighted by Gasteiger charge is 2.04. The zero-order valence-corrected chi connectivity index (χ0v) is 13.4. The Kier molecular flexibility index (Phi) is 7.43. The van der Waals surface area contributed by atoms with E-state index >= 15 is 0 Å². The Morgan fingerprint density at radius 1 is 1.18 bits per heavy atom. The van der Waals surface area contributed by atoms with Crippen LogP contribution in [0.4, 0.5) is 5.69 Å². The number of nitrogens with two attached hydrogens (primary N) is 1. The number of nitrogens with one attached hydrogen (secondary N) is 1. The lowest BCUT2D eigenvalue weighted by atomic mass is 10.1. The van der Waals surface area contributed by atoms with Gasteiger partial charge in [0.1, 0.15) is 5.75 Å². The van der Waals surface area contributed by atoms with Crippen LogP contribution in [0.15, 0.2) is 48.5 Å². The fraction of sp³-hybridized carbons (Fsp3) is 0.235. The molecule has 0 aromatic heterocycles. The van der Waals surface area contributed by atoms with Crippen molar-refractivity contribution in [1.82, 2.24) is 0 Å². The Labute approximate surface area is 137 Å². The van der Waals surface area contributed by atoms with Crippen LogP contribution in [-0.4, -0.2) is 19.1 Å². The van der Waals surface area contributed by atoms with Gasteiger partial charge in [-0.1, -0.05) is 24.3 Å². The van der Waals surface area contributed by atoms with Crippen LogP contribution < -0.4 is 15.8 Å². The van der Waals surface area contributed by atoms with E-state index < -0.39 is 0 Å². The molecule has 0 heterocycles. The fourth-order valence-electron chi connectivity index (χ4n) is 1.99. The van der Waals surface area contributed by atoms with E-state index in [0.717, 1.165) is 23.2 Å². The molecule has 0 saturated carbocycles. The summed E-state index contributed by atoms with van der Waals surface area (Å²) in [6, 6.07) is 15.3. The van der Waals surface area contributed by atoms with Crippen molar-refractivity contribution in [3.63, 3.8) is 0 Å².